The monoisotopic (exact) mass is 654 g/mol. The SMILES string of the molecule is [C-]#[N+]/C(C#N)=C1\N=c2ccc(-c3nc(/C(C#N)=C4/N=c5cc(C#N)c([N+]#[C-])cc5=N4)nc(-c4nc5cc([N+]#[C-])c(C#N)cc5o4)n3)c(C#N)c2=N1. The first-order chi connectivity index (χ1) is 24.9. The van der Waals surface area contributed by atoms with Gasteiger partial charge in [0, 0.05) is 5.56 Å². The van der Waals surface area contributed by atoms with Crippen LogP contribution in [0.3, 0.4) is 0 Å². The van der Waals surface area contributed by atoms with Crippen LogP contribution in [0.4, 0.5) is 11.4 Å². The van der Waals surface area contributed by atoms with Crippen LogP contribution in [0.15, 0.2) is 78.1 Å². The molecule has 0 spiro atoms. The first-order valence-corrected chi connectivity index (χ1v) is 13.9. The second kappa shape index (κ2) is 11.8. The second-order valence-corrected chi connectivity index (χ2v) is 10.1. The van der Waals surface area contributed by atoms with Gasteiger partial charge in [-0.25, -0.2) is 59.7 Å². The first kappa shape index (κ1) is 30.4. The number of allylic oxidation sites excluding steroid dienone is 2. The van der Waals surface area contributed by atoms with Crippen molar-refractivity contribution in [1.29, 1.82) is 26.3 Å². The van der Waals surface area contributed by atoms with Crippen molar-refractivity contribution in [3.63, 3.8) is 0 Å². The van der Waals surface area contributed by atoms with E-state index < -0.39 is 0 Å². The van der Waals surface area contributed by atoms with Crippen molar-refractivity contribution in [2.24, 2.45) is 20.0 Å². The third-order valence-corrected chi connectivity index (χ3v) is 7.30. The van der Waals surface area contributed by atoms with Crippen LogP contribution in [0, 0.1) is 76.4 Å². The lowest BCUT2D eigenvalue weighted by Crippen LogP contribution is -2.25. The largest absolute Gasteiger partial charge is 0.434 e. The molecule has 4 heterocycles. The summed E-state index contributed by atoms with van der Waals surface area (Å²) in [6, 6.07) is 18.0. The predicted octanol–water partition coefficient (Wildman–Crippen LogP) is 3.07. The average molecular weight is 655 g/mol. The molecule has 0 unspecified atom stereocenters. The summed E-state index contributed by atoms with van der Waals surface area (Å²) in [6.07, 6.45) is 0. The number of fused-ring (bicyclic) bond motifs is 3. The Morgan fingerprint density at radius 2 is 1.35 bits per heavy atom. The zero-order valence-corrected chi connectivity index (χ0v) is 25.0. The van der Waals surface area contributed by atoms with Crippen molar-refractivity contribution in [3.8, 4) is 53.4 Å². The van der Waals surface area contributed by atoms with E-state index in [2.05, 4.69) is 54.4 Å². The van der Waals surface area contributed by atoms with Gasteiger partial charge in [-0.15, -0.1) is 0 Å². The minimum absolute atomic E-state index is 0.0421. The molecule has 2 aromatic heterocycles. The van der Waals surface area contributed by atoms with E-state index in [-0.39, 0.29) is 112 Å². The third-order valence-electron chi connectivity index (χ3n) is 7.30. The molecule has 5 aromatic rings. The molecule has 0 atom stereocenters. The maximum absolute atomic E-state index is 10.4. The van der Waals surface area contributed by atoms with Crippen LogP contribution in [0.1, 0.15) is 22.5 Å². The van der Waals surface area contributed by atoms with E-state index >= 15 is 0 Å². The number of oxazole rings is 1. The number of hydrogen-bond donors (Lipinski definition) is 0. The quantitative estimate of drug-likeness (QED) is 0.203. The molecular formula is C34H6N16O. The standard InChI is InChI=1S/C34H6N16O/c1-40-21-8-24-23(6-15(21)10-35)44-30(45-24)19(13-38)31-48-29(17-4-5-20-28(18(17)12-37)47-32(43-20)26(14-39)42-3)49-33(50-31)34-46-25-9-22(41-2)16(11-36)7-27(25)51-34/h4-9H/b30-19-,32-26+. The van der Waals surface area contributed by atoms with Gasteiger partial charge in [-0.1, -0.05) is 0 Å². The van der Waals surface area contributed by atoms with Gasteiger partial charge in [0.15, 0.2) is 28.9 Å². The highest BCUT2D eigenvalue weighted by molar-refractivity contribution is 5.84. The topological polar surface area (TPSA) is 246 Å². The summed E-state index contributed by atoms with van der Waals surface area (Å²) in [5, 5.41) is 49.7. The van der Waals surface area contributed by atoms with E-state index in [1.54, 1.807) is 6.07 Å². The molecule has 0 saturated carbocycles. The van der Waals surface area contributed by atoms with Crippen LogP contribution >= 0.6 is 0 Å². The lowest BCUT2D eigenvalue weighted by molar-refractivity contribution is 0.612. The smallest absolute Gasteiger partial charge is 0.305 e. The lowest BCUT2D eigenvalue weighted by Gasteiger charge is -2.07. The summed E-state index contributed by atoms with van der Waals surface area (Å²) >= 11 is 0. The highest BCUT2D eigenvalue weighted by atomic mass is 16.3. The molecule has 17 heteroatoms. The van der Waals surface area contributed by atoms with E-state index in [1.807, 2.05) is 24.3 Å². The molecule has 7 rings (SSSR count). The zero-order chi connectivity index (χ0) is 35.8. The molecule has 0 bridgehead atoms. The van der Waals surface area contributed by atoms with Gasteiger partial charge in [0.2, 0.25) is 17.2 Å². The number of nitriles is 5. The molecule has 0 amide bonds. The highest BCUT2D eigenvalue weighted by Crippen LogP contribution is 2.31. The van der Waals surface area contributed by atoms with Crippen molar-refractivity contribution in [2.45, 2.75) is 0 Å². The number of nitrogens with zero attached hydrogens (tertiary/aromatic N) is 16. The van der Waals surface area contributed by atoms with E-state index in [1.165, 1.54) is 36.4 Å². The molecule has 0 saturated heterocycles. The van der Waals surface area contributed by atoms with Crippen molar-refractivity contribution in [3.05, 3.63) is 132 Å². The van der Waals surface area contributed by atoms with Gasteiger partial charge in [-0.05, 0) is 36.4 Å². The molecule has 17 nitrogen and oxygen atoms in total. The summed E-state index contributed by atoms with van der Waals surface area (Å²) in [7, 11) is 0. The minimum Gasteiger partial charge on any atom is -0.434 e. The van der Waals surface area contributed by atoms with Crippen molar-refractivity contribution in [1.82, 2.24) is 19.9 Å². The molecule has 3 aromatic carbocycles. The Balaban J connectivity index is 1.51. The number of aromatic nitrogens is 4. The Hall–Kier alpha value is -9.26. The Bertz CT molecular complexity index is 3060. The van der Waals surface area contributed by atoms with E-state index in [0.717, 1.165) is 0 Å². The van der Waals surface area contributed by atoms with Crippen LogP contribution < -0.4 is 21.4 Å². The van der Waals surface area contributed by atoms with E-state index in [0.29, 0.717) is 0 Å². The summed E-state index contributed by atoms with van der Waals surface area (Å²) < 4.78 is 5.89. The van der Waals surface area contributed by atoms with Gasteiger partial charge in [0.25, 0.3) is 5.89 Å². The number of benzene rings is 3. The van der Waals surface area contributed by atoms with E-state index in [9.17, 15) is 26.3 Å². The van der Waals surface area contributed by atoms with Crippen LogP contribution in [0.5, 0.6) is 0 Å². The molecule has 51 heavy (non-hydrogen) atoms. The Morgan fingerprint density at radius 3 is 2.02 bits per heavy atom. The molecule has 0 fully saturated rings. The van der Waals surface area contributed by atoms with Crippen molar-refractivity contribution >= 4 is 28.0 Å². The predicted molar refractivity (Wildman–Crippen MR) is 168 cm³/mol. The Kier molecular flexibility index (Phi) is 7.05. The van der Waals surface area contributed by atoms with Gasteiger partial charge < -0.3 is 4.42 Å². The van der Waals surface area contributed by atoms with Crippen LogP contribution in [-0.2, 0) is 0 Å². The fourth-order valence-electron chi connectivity index (χ4n) is 5.00. The second-order valence-electron chi connectivity index (χ2n) is 10.1. The fourth-order valence-corrected chi connectivity index (χ4v) is 5.00. The van der Waals surface area contributed by atoms with Gasteiger partial charge in [0.05, 0.1) is 76.2 Å². The van der Waals surface area contributed by atoms with Gasteiger partial charge in [0.1, 0.15) is 23.1 Å². The first-order valence-electron chi connectivity index (χ1n) is 13.9. The van der Waals surface area contributed by atoms with Crippen LogP contribution in [0.25, 0.3) is 54.3 Å². The number of rotatable bonds is 3. The van der Waals surface area contributed by atoms with Crippen molar-refractivity contribution in [2.75, 3.05) is 0 Å². The summed E-state index contributed by atoms with van der Waals surface area (Å²) in [4.78, 5) is 44.9. The van der Waals surface area contributed by atoms with Crippen molar-refractivity contribution < 1.29 is 4.42 Å². The third kappa shape index (κ3) is 4.90. The Labute approximate surface area is 283 Å². The Morgan fingerprint density at radius 1 is 0.667 bits per heavy atom. The number of hydrogen-bond acceptors (Lipinski definition) is 14. The fraction of sp³-hybridized carbons (Fsp3) is 0. The van der Waals surface area contributed by atoms with Gasteiger partial charge in [-0.2, -0.15) is 21.0 Å². The maximum Gasteiger partial charge on any atom is 0.305 e. The lowest BCUT2D eigenvalue weighted by atomic mass is 10.1. The van der Waals surface area contributed by atoms with Gasteiger partial charge in [-0.3, -0.25) is 0 Å². The van der Waals surface area contributed by atoms with Crippen LogP contribution in [-0.4, -0.2) is 19.9 Å². The molecule has 0 radical (unpaired) electrons. The maximum atomic E-state index is 10.4. The molecule has 0 aliphatic carbocycles. The molecule has 2 aliphatic rings. The minimum atomic E-state index is -0.376. The van der Waals surface area contributed by atoms with Crippen LogP contribution in [0.2, 0.25) is 0 Å². The normalized spacial score (nSPS) is 13.6. The molecular weight excluding hydrogens is 648 g/mol. The summed E-state index contributed by atoms with van der Waals surface area (Å²) in [6.45, 7) is 22.0. The van der Waals surface area contributed by atoms with E-state index in [4.69, 9.17) is 24.1 Å². The molecule has 2 aliphatic heterocycles. The average Bonchev–Trinajstić information content (AvgIpc) is 3.90. The summed E-state index contributed by atoms with van der Waals surface area (Å²) in [5.74, 6) is -1.14. The molecule has 228 valence electrons. The summed E-state index contributed by atoms with van der Waals surface area (Å²) in [5.41, 5.74) is -0.0390. The zero-order valence-electron chi connectivity index (χ0n) is 25.0. The highest BCUT2D eigenvalue weighted by Gasteiger charge is 2.24. The van der Waals surface area contributed by atoms with Gasteiger partial charge >= 0.3 is 5.70 Å². The molecule has 0 N–H and O–H groups in total.